The van der Waals surface area contributed by atoms with E-state index in [4.69, 9.17) is 9.98 Å². The third-order valence-electron chi connectivity index (χ3n) is 7.41. The molecule has 0 amide bonds. The zero-order valence-corrected chi connectivity index (χ0v) is 27.4. The second kappa shape index (κ2) is 21.1. The van der Waals surface area contributed by atoms with Crippen molar-refractivity contribution in [2.24, 2.45) is 9.98 Å². The number of aryl methyl sites for hydroxylation is 2. The van der Waals surface area contributed by atoms with Crippen molar-refractivity contribution in [1.82, 2.24) is 0 Å². The summed E-state index contributed by atoms with van der Waals surface area (Å²) in [4.78, 5) is 12.9. The molecule has 0 saturated heterocycles. The topological polar surface area (TPSA) is 28.0 Å². The fraction of sp³-hybridized carbons (Fsp3) is 0.600. The van der Waals surface area contributed by atoms with E-state index in [1.807, 2.05) is 0 Å². The van der Waals surface area contributed by atoms with Crippen LogP contribution in [0.25, 0.3) is 0 Å². The average Bonchev–Trinajstić information content (AvgIpc) is 2.94. The molecule has 0 spiro atoms. The normalized spacial score (nSPS) is 11.9. The van der Waals surface area contributed by atoms with E-state index in [0.29, 0.717) is 0 Å². The van der Waals surface area contributed by atoms with Gasteiger partial charge in [-0.15, -0.1) is 0 Å². The van der Waals surface area contributed by atoms with Crippen molar-refractivity contribution in [1.29, 1.82) is 0 Å². The summed E-state index contributed by atoms with van der Waals surface area (Å²) >= 11 is 0. The van der Waals surface area contributed by atoms with Gasteiger partial charge in [0.25, 0.3) is 0 Å². The summed E-state index contributed by atoms with van der Waals surface area (Å²) in [7, 11) is 0. The molecule has 0 aliphatic carbocycles. The van der Waals surface area contributed by atoms with E-state index in [-0.39, 0.29) is 20.4 Å². The van der Waals surface area contributed by atoms with Crippen LogP contribution in [0.5, 0.6) is 0 Å². The first-order chi connectivity index (χ1) is 18.6. The molecule has 0 radical (unpaired) electrons. The third kappa shape index (κ3) is 12.5. The van der Waals surface area contributed by atoms with Crippen LogP contribution in [0.4, 0.5) is 17.1 Å². The minimum atomic E-state index is 0. The Bertz CT molecular complexity index is 974. The van der Waals surface area contributed by atoms with Gasteiger partial charge in [0.05, 0.1) is 22.8 Å². The number of hydrogen-bond donors (Lipinski definition) is 0. The van der Waals surface area contributed by atoms with Crippen molar-refractivity contribution in [3.8, 4) is 0 Å². The van der Waals surface area contributed by atoms with Gasteiger partial charge in [-0.25, -0.2) is 0 Å². The van der Waals surface area contributed by atoms with Gasteiger partial charge in [-0.1, -0.05) is 65.9 Å². The Morgan fingerprint density at radius 1 is 0.564 bits per heavy atom. The number of unbranched alkanes of at least 4 members (excludes halogenated alkanes) is 5. The van der Waals surface area contributed by atoms with E-state index in [9.17, 15) is 0 Å². The summed E-state index contributed by atoms with van der Waals surface area (Å²) in [6.45, 7) is 15.6. The molecule has 0 aliphatic rings. The van der Waals surface area contributed by atoms with Crippen LogP contribution >= 0.6 is 0 Å². The molecule has 2 aromatic rings. The molecule has 3 nitrogen and oxygen atoms in total. The zero-order chi connectivity index (χ0) is 27.6. The summed E-state index contributed by atoms with van der Waals surface area (Å²) in [5.41, 5.74) is 8.76. The van der Waals surface area contributed by atoms with Crippen LogP contribution in [-0.4, -0.2) is 24.5 Å². The molecule has 0 unspecified atom stereocenters. The molecular formula is C35H55N3Pd. The average molecular weight is 624 g/mol. The second-order valence-electron chi connectivity index (χ2n) is 10.5. The van der Waals surface area contributed by atoms with E-state index in [1.54, 1.807) is 0 Å². The molecule has 0 heterocycles. The van der Waals surface area contributed by atoms with Crippen LogP contribution in [0.1, 0.15) is 123 Å². The maximum atomic E-state index is 5.31. The molecule has 0 fully saturated rings. The predicted octanol–water partition coefficient (Wildman–Crippen LogP) is 10.8. The predicted molar refractivity (Wildman–Crippen MR) is 172 cm³/mol. The van der Waals surface area contributed by atoms with Crippen LogP contribution in [0.15, 0.2) is 52.4 Å². The van der Waals surface area contributed by atoms with Crippen LogP contribution in [-0.2, 0) is 33.3 Å². The number of nitrogens with zero attached hydrogens (tertiary/aromatic N) is 3. The monoisotopic (exact) mass is 623 g/mol. The van der Waals surface area contributed by atoms with Crippen LogP contribution in [0.2, 0.25) is 0 Å². The van der Waals surface area contributed by atoms with Crippen molar-refractivity contribution in [2.45, 2.75) is 125 Å². The minimum absolute atomic E-state index is 0. The first-order valence-electron chi connectivity index (χ1n) is 15.7. The minimum Gasteiger partial charge on any atom is -0.372 e. The molecule has 2 rings (SSSR count). The van der Waals surface area contributed by atoms with E-state index in [0.717, 1.165) is 63.0 Å². The van der Waals surface area contributed by atoms with Gasteiger partial charge in [-0.2, -0.15) is 0 Å². The Labute approximate surface area is 254 Å². The summed E-state index contributed by atoms with van der Waals surface area (Å²) in [5.74, 6) is 0. The molecule has 0 aromatic heterocycles. The zero-order valence-electron chi connectivity index (χ0n) is 25.8. The van der Waals surface area contributed by atoms with Crippen molar-refractivity contribution in [3.05, 3.63) is 53.6 Å². The molecular weight excluding hydrogens is 569 g/mol. The van der Waals surface area contributed by atoms with Crippen molar-refractivity contribution >= 4 is 28.5 Å². The number of rotatable bonds is 19. The van der Waals surface area contributed by atoms with Gasteiger partial charge in [0.15, 0.2) is 0 Å². The van der Waals surface area contributed by atoms with Crippen molar-refractivity contribution in [2.75, 3.05) is 18.0 Å². The maximum Gasteiger partial charge on any atom is 0.0636 e. The fourth-order valence-electron chi connectivity index (χ4n) is 4.95. The molecule has 4 heteroatoms. The molecule has 0 atom stereocenters. The van der Waals surface area contributed by atoms with Gasteiger partial charge in [0.2, 0.25) is 0 Å². The standard InChI is InChI=1S/C35H55N3.Pd/c1-7-13-17-21-35(36-31-24-26-33(27-25-31)38(11-5)12-6)34(20-16-10-4)37-32-23-22-29(18-14-8-2)30(28-32)19-15-9-3;/h22-28H,7-21H2,1-6H3;. The molecule has 0 N–H and O–H groups in total. The van der Waals surface area contributed by atoms with E-state index in [1.165, 1.54) is 73.2 Å². The van der Waals surface area contributed by atoms with Crippen LogP contribution in [0, 0.1) is 0 Å². The van der Waals surface area contributed by atoms with E-state index >= 15 is 0 Å². The first kappa shape index (κ1) is 35.3. The Morgan fingerprint density at radius 3 is 1.64 bits per heavy atom. The summed E-state index contributed by atoms with van der Waals surface area (Å²) < 4.78 is 0. The maximum absolute atomic E-state index is 5.31. The smallest absolute Gasteiger partial charge is 0.0636 e. The largest absolute Gasteiger partial charge is 0.372 e. The van der Waals surface area contributed by atoms with E-state index in [2.05, 4.69) is 88.9 Å². The quantitative estimate of drug-likeness (QED) is 0.0869. The number of hydrogen-bond acceptors (Lipinski definition) is 3. The molecule has 0 aliphatic heterocycles. The van der Waals surface area contributed by atoms with Gasteiger partial charge in [-0.3, -0.25) is 9.98 Å². The Balaban J connectivity index is 0.00000760. The summed E-state index contributed by atoms with van der Waals surface area (Å²) in [6.07, 6.45) is 15.2. The Kier molecular flexibility index (Phi) is 19.0. The third-order valence-corrected chi connectivity index (χ3v) is 7.41. The molecule has 2 aromatic carbocycles. The Hall–Kier alpha value is -1.76. The van der Waals surface area contributed by atoms with Crippen molar-refractivity contribution in [3.63, 3.8) is 0 Å². The number of benzene rings is 2. The first-order valence-corrected chi connectivity index (χ1v) is 15.7. The van der Waals surface area contributed by atoms with Crippen LogP contribution in [0.3, 0.4) is 0 Å². The van der Waals surface area contributed by atoms with Crippen LogP contribution < -0.4 is 4.90 Å². The Morgan fingerprint density at radius 2 is 1.08 bits per heavy atom. The van der Waals surface area contributed by atoms with Gasteiger partial charge < -0.3 is 4.90 Å². The second-order valence-corrected chi connectivity index (χ2v) is 10.5. The van der Waals surface area contributed by atoms with Gasteiger partial charge in [-0.05, 0) is 113 Å². The molecule has 220 valence electrons. The number of aliphatic imine (C=N–C) groups is 2. The molecule has 0 saturated carbocycles. The van der Waals surface area contributed by atoms with Crippen molar-refractivity contribution < 1.29 is 20.4 Å². The summed E-state index contributed by atoms with van der Waals surface area (Å²) in [6, 6.07) is 15.7. The summed E-state index contributed by atoms with van der Waals surface area (Å²) in [5, 5.41) is 0. The van der Waals surface area contributed by atoms with Gasteiger partial charge in [0.1, 0.15) is 0 Å². The molecule has 0 bridgehead atoms. The van der Waals surface area contributed by atoms with E-state index < -0.39 is 0 Å². The SMILES string of the molecule is CCCCCC(=Nc1ccc(N(CC)CC)cc1)C(CCCC)=Nc1ccc(CCCC)c(CCCC)c1.[Pd]. The number of anilines is 1. The van der Waals surface area contributed by atoms with Gasteiger partial charge >= 0.3 is 0 Å². The molecule has 39 heavy (non-hydrogen) atoms. The van der Waals surface area contributed by atoms with Gasteiger partial charge in [0, 0.05) is 39.2 Å². The fourth-order valence-corrected chi connectivity index (χ4v) is 4.95.